The monoisotopic (exact) mass is 296 g/mol. The molecule has 120 valence electrons. The van der Waals surface area contributed by atoms with Crippen molar-refractivity contribution in [2.24, 2.45) is 5.92 Å². The first-order valence-corrected chi connectivity index (χ1v) is 8.52. The lowest BCUT2D eigenvalue weighted by Gasteiger charge is -2.41. The fourth-order valence-electron chi connectivity index (χ4n) is 4.55. The molecule has 3 aliphatic heterocycles. The predicted molar refractivity (Wildman–Crippen MR) is 80.3 cm³/mol. The van der Waals surface area contributed by atoms with Crippen molar-refractivity contribution in [1.29, 1.82) is 0 Å². The summed E-state index contributed by atoms with van der Waals surface area (Å²) >= 11 is 0. The van der Waals surface area contributed by atoms with Crippen molar-refractivity contribution in [3.05, 3.63) is 0 Å². The zero-order valence-corrected chi connectivity index (χ0v) is 13.0. The summed E-state index contributed by atoms with van der Waals surface area (Å²) in [5, 5.41) is 9.46. The van der Waals surface area contributed by atoms with Gasteiger partial charge in [-0.15, -0.1) is 0 Å². The molecule has 3 rings (SSSR count). The third-order valence-electron chi connectivity index (χ3n) is 5.52. The van der Waals surface area contributed by atoms with Crippen molar-refractivity contribution in [2.45, 2.75) is 57.2 Å². The van der Waals surface area contributed by atoms with Crippen LogP contribution >= 0.6 is 0 Å². The number of rotatable bonds is 5. The Bertz CT molecular complexity index is 377. The average Bonchev–Trinajstić information content (AvgIpc) is 3.12. The molecule has 0 saturated carbocycles. The lowest BCUT2D eigenvalue weighted by molar-refractivity contribution is -0.143. The highest BCUT2D eigenvalue weighted by Gasteiger charge is 2.45. The maximum Gasteiger partial charge on any atom is 0.310 e. The minimum Gasteiger partial charge on any atom is -0.481 e. The SMILES string of the molecule is CCCN(C1COCC1C(=O)O)C1CCN2CCCCC12. The zero-order valence-electron chi connectivity index (χ0n) is 13.0. The summed E-state index contributed by atoms with van der Waals surface area (Å²) in [5.41, 5.74) is 0. The second-order valence-corrected chi connectivity index (χ2v) is 6.74. The van der Waals surface area contributed by atoms with Crippen LogP contribution in [0.15, 0.2) is 0 Å². The van der Waals surface area contributed by atoms with Crippen LogP contribution < -0.4 is 0 Å². The number of hydrogen-bond acceptors (Lipinski definition) is 4. The molecular weight excluding hydrogens is 268 g/mol. The van der Waals surface area contributed by atoms with Crippen LogP contribution in [-0.2, 0) is 9.53 Å². The molecule has 5 heteroatoms. The Morgan fingerprint density at radius 2 is 2.10 bits per heavy atom. The van der Waals surface area contributed by atoms with Gasteiger partial charge in [0.15, 0.2) is 0 Å². The number of ether oxygens (including phenoxy) is 1. The summed E-state index contributed by atoms with van der Waals surface area (Å²) in [7, 11) is 0. The molecule has 5 nitrogen and oxygen atoms in total. The standard InChI is InChI=1S/C16H28N2O3/c1-2-7-18(15-11-21-10-12(15)16(19)20)14-6-9-17-8-4-3-5-13(14)17/h12-15H,2-11H2,1H3,(H,19,20). The lowest BCUT2D eigenvalue weighted by atomic mass is 9.93. The number of carboxylic acid groups (broad SMARTS) is 1. The molecular formula is C16H28N2O3. The highest BCUT2D eigenvalue weighted by Crippen LogP contribution is 2.34. The zero-order chi connectivity index (χ0) is 14.8. The second kappa shape index (κ2) is 6.63. The van der Waals surface area contributed by atoms with Crippen molar-refractivity contribution < 1.29 is 14.6 Å². The van der Waals surface area contributed by atoms with E-state index >= 15 is 0 Å². The van der Waals surface area contributed by atoms with E-state index in [-0.39, 0.29) is 12.0 Å². The second-order valence-electron chi connectivity index (χ2n) is 6.74. The Labute approximate surface area is 127 Å². The van der Waals surface area contributed by atoms with Gasteiger partial charge in [0.25, 0.3) is 0 Å². The first-order chi connectivity index (χ1) is 10.2. The van der Waals surface area contributed by atoms with E-state index in [1.807, 2.05) is 0 Å². The molecule has 21 heavy (non-hydrogen) atoms. The van der Waals surface area contributed by atoms with Gasteiger partial charge >= 0.3 is 5.97 Å². The maximum atomic E-state index is 11.5. The Kier molecular flexibility index (Phi) is 4.82. The lowest BCUT2D eigenvalue weighted by Crippen LogP contribution is -2.54. The van der Waals surface area contributed by atoms with Crippen LogP contribution in [0, 0.1) is 5.92 Å². The fraction of sp³-hybridized carbons (Fsp3) is 0.938. The van der Waals surface area contributed by atoms with Gasteiger partial charge in [0.2, 0.25) is 0 Å². The van der Waals surface area contributed by atoms with Crippen LogP contribution in [0.5, 0.6) is 0 Å². The van der Waals surface area contributed by atoms with Crippen LogP contribution in [-0.4, -0.2) is 71.8 Å². The van der Waals surface area contributed by atoms with E-state index in [0.29, 0.717) is 25.3 Å². The number of fused-ring (bicyclic) bond motifs is 1. The molecule has 0 bridgehead atoms. The minimum atomic E-state index is -0.697. The van der Waals surface area contributed by atoms with Crippen LogP contribution in [0.4, 0.5) is 0 Å². The van der Waals surface area contributed by atoms with E-state index in [0.717, 1.165) is 13.0 Å². The minimum absolute atomic E-state index is 0.0642. The third-order valence-corrected chi connectivity index (χ3v) is 5.52. The van der Waals surface area contributed by atoms with Crippen molar-refractivity contribution >= 4 is 5.97 Å². The normalized spacial score (nSPS) is 37.0. The first-order valence-electron chi connectivity index (χ1n) is 8.52. The van der Waals surface area contributed by atoms with Crippen LogP contribution in [0.2, 0.25) is 0 Å². The molecule has 3 saturated heterocycles. The average molecular weight is 296 g/mol. The van der Waals surface area contributed by atoms with Crippen molar-refractivity contribution in [3.8, 4) is 0 Å². The molecule has 4 unspecified atom stereocenters. The van der Waals surface area contributed by atoms with Gasteiger partial charge in [-0.2, -0.15) is 0 Å². The van der Waals surface area contributed by atoms with Gasteiger partial charge in [0.1, 0.15) is 0 Å². The van der Waals surface area contributed by atoms with E-state index in [1.165, 1.54) is 38.8 Å². The molecule has 0 amide bonds. The van der Waals surface area contributed by atoms with E-state index in [1.54, 1.807) is 0 Å². The number of nitrogens with zero attached hydrogens (tertiary/aromatic N) is 2. The van der Waals surface area contributed by atoms with Gasteiger partial charge in [0.05, 0.1) is 19.1 Å². The van der Waals surface area contributed by atoms with Crippen molar-refractivity contribution in [3.63, 3.8) is 0 Å². The third kappa shape index (κ3) is 2.96. The van der Waals surface area contributed by atoms with Gasteiger partial charge in [-0.3, -0.25) is 14.6 Å². The van der Waals surface area contributed by atoms with E-state index < -0.39 is 5.97 Å². The summed E-state index contributed by atoms with van der Waals surface area (Å²) in [5.74, 6) is -1.05. The van der Waals surface area contributed by atoms with E-state index in [4.69, 9.17) is 4.74 Å². The number of aliphatic carboxylic acids is 1. The van der Waals surface area contributed by atoms with Gasteiger partial charge in [-0.1, -0.05) is 13.3 Å². The van der Waals surface area contributed by atoms with Gasteiger partial charge in [0, 0.05) is 24.7 Å². The summed E-state index contributed by atoms with van der Waals surface area (Å²) in [6.07, 6.45) is 6.18. The summed E-state index contributed by atoms with van der Waals surface area (Å²) in [4.78, 5) is 16.6. The van der Waals surface area contributed by atoms with E-state index in [9.17, 15) is 9.90 Å². The molecule has 0 spiro atoms. The van der Waals surface area contributed by atoms with Crippen molar-refractivity contribution in [2.75, 3.05) is 32.8 Å². The molecule has 0 aromatic rings. The number of piperidine rings is 1. The molecule has 3 heterocycles. The van der Waals surface area contributed by atoms with Crippen LogP contribution in [0.1, 0.15) is 39.0 Å². The van der Waals surface area contributed by atoms with E-state index in [2.05, 4.69) is 16.7 Å². The molecule has 0 aromatic carbocycles. The summed E-state index contributed by atoms with van der Waals surface area (Å²) in [6, 6.07) is 1.23. The Hall–Kier alpha value is -0.650. The number of carbonyl (C=O) groups is 1. The summed E-state index contributed by atoms with van der Waals surface area (Å²) in [6.45, 7) is 6.55. The topological polar surface area (TPSA) is 53.0 Å². The predicted octanol–water partition coefficient (Wildman–Crippen LogP) is 1.42. The molecule has 0 aliphatic carbocycles. The largest absolute Gasteiger partial charge is 0.481 e. The van der Waals surface area contributed by atoms with Crippen LogP contribution in [0.25, 0.3) is 0 Å². The number of hydrogen-bond donors (Lipinski definition) is 1. The van der Waals surface area contributed by atoms with Crippen LogP contribution in [0.3, 0.4) is 0 Å². The Balaban J connectivity index is 1.76. The molecule has 3 aliphatic rings. The molecule has 4 atom stereocenters. The number of carboxylic acids is 1. The maximum absolute atomic E-state index is 11.5. The Morgan fingerprint density at radius 3 is 2.86 bits per heavy atom. The highest BCUT2D eigenvalue weighted by molar-refractivity contribution is 5.71. The van der Waals surface area contributed by atoms with Gasteiger partial charge in [-0.25, -0.2) is 0 Å². The van der Waals surface area contributed by atoms with Gasteiger partial charge < -0.3 is 9.84 Å². The molecule has 0 radical (unpaired) electrons. The first kappa shape index (κ1) is 15.3. The Morgan fingerprint density at radius 1 is 1.24 bits per heavy atom. The van der Waals surface area contributed by atoms with Crippen molar-refractivity contribution in [1.82, 2.24) is 9.80 Å². The summed E-state index contributed by atoms with van der Waals surface area (Å²) < 4.78 is 5.52. The molecule has 0 aromatic heterocycles. The quantitative estimate of drug-likeness (QED) is 0.831. The highest BCUT2D eigenvalue weighted by atomic mass is 16.5. The molecule has 3 fully saturated rings. The molecule has 1 N–H and O–H groups in total. The van der Waals surface area contributed by atoms with Gasteiger partial charge in [-0.05, 0) is 38.8 Å². The smallest absolute Gasteiger partial charge is 0.310 e. The fourth-order valence-corrected chi connectivity index (χ4v) is 4.55.